The fraction of sp³-hybridized carbons (Fsp3) is 0.263. The zero-order valence-electron chi connectivity index (χ0n) is 13.0. The largest absolute Gasteiger partial charge is 0.379 e. The summed E-state index contributed by atoms with van der Waals surface area (Å²) in [5.74, 6) is 0. The van der Waals surface area contributed by atoms with Gasteiger partial charge in [0.25, 0.3) is 0 Å². The molecule has 4 nitrogen and oxygen atoms in total. The second-order valence-corrected chi connectivity index (χ2v) is 5.84. The van der Waals surface area contributed by atoms with Gasteiger partial charge in [0.2, 0.25) is 0 Å². The van der Waals surface area contributed by atoms with Crippen LogP contribution in [-0.4, -0.2) is 41.2 Å². The van der Waals surface area contributed by atoms with E-state index in [4.69, 9.17) is 4.74 Å². The molecule has 0 spiro atoms. The molecule has 0 saturated carbocycles. The van der Waals surface area contributed by atoms with Crippen LogP contribution in [-0.2, 0) is 11.3 Å². The molecule has 4 rings (SSSR count). The predicted octanol–water partition coefficient (Wildman–Crippen LogP) is 3.13. The Kier molecular flexibility index (Phi) is 4.01. The highest BCUT2D eigenvalue weighted by Gasteiger charge is 2.11. The van der Waals surface area contributed by atoms with Gasteiger partial charge in [-0.3, -0.25) is 14.9 Å². The summed E-state index contributed by atoms with van der Waals surface area (Å²) in [6, 6.07) is 12.6. The predicted molar refractivity (Wildman–Crippen MR) is 91.1 cm³/mol. The van der Waals surface area contributed by atoms with Crippen molar-refractivity contribution in [2.24, 2.45) is 0 Å². The topological polar surface area (TPSA) is 38.2 Å². The first kappa shape index (κ1) is 14.3. The molecule has 1 aromatic carbocycles. The molecule has 0 unspecified atom stereocenters. The Hall–Kier alpha value is -2.30. The number of hydrogen-bond acceptors (Lipinski definition) is 4. The van der Waals surface area contributed by atoms with E-state index in [0.717, 1.165) is 49.5 Å². The molecule has 3 heterocycles. The standard InChI is InChI=1S/C19H19N3O/c1-2-16-13-20-7-6-17(16)18(3-1)19-5-4-15(12-21-19)14-22-8-10-23-11-9-22/h1-7,12-13H,8-11,14H2. The molecule has 2 aromatic heterocycles. The third-order valence-corrected chi connectivity index (χ3v) is 4.29. The molecule has 23 heavy (non-hydrogen) atoms. The number of nitrogens with zero attached hydrogens (tertiary/aromatic N) is 3. The van der Waals surface area contributed by atoms with Gasteiger partial charge in [0.15, 0.2) is 0 Å². The molecule has 1 aliphatic heterocycles. The number of ether oxygens (including phenoxy) is 1. The van der Waals surface area contributed by atoms with Gasteiger partial charge in [-0.05, 0) is 23.1 Å². The normalized spacial score (nSPS) is 15.8. The summed E-state index contributed by atoms with van der Waals surface area (Å²) in [5, 5.41) is 2.33. The van der Waals surface area contributed by atoms with Crippen molar-refractivity contribution in [3.05, 3.63) is 60.6 Å². The molecule has 0 radical (unpaired) electrons. The van der Waals surface area contributed by atoms with Crippen molar-refractivity contribution < 1.29 is 4.74 Å². The lowest BCUT2D eigenvalue weighted by Gasteiger charge is -2.26. The fourth-order valence-electron chi connectivity index (χ4n) is 3.04. The van der Waals surface area contributed by atoms with Crippen molar-refractivity contribution in [2.75, 3.05) is 26.3 Å². The molecule has 1 saturated heterocycles. The van der Waals surface area contributed by atoms with Gasteiger partial charge in [0, 0.05) is 49.2 Å². The molecule has 4 heteroatoms. The van der Waals surface area contributed by atoms with Crippen molar-refractivity contribution >= 4 is 10.8 Å². The minimum atomic E-state index is 0.829. The number of hydrogen-bond donors (Lipinski definition) is 0. The highest BCUT2D eigenvalue weighted by Crippen LogP contribution is 2.26. The van der Waals surface area contributed by atoms with Gasteiger partial charge in [-0.1, -0.05) is 24.3 Å². The monoisotopic (exact) mass is 305 g/mol. The van der Waals surface area contributed by atoms with E-state index in [9.17, 15) is 0 Å². The minimum Gasteiger partial charge on any atom is -0.379 e. The molecule has 0 bridgehead atoms. The number of aromatic nitrogens is 2. The summed E-state index contributed by atoms with van der Waals surface area (Å²) < 4.78 is 5.39. The summed E-state index contributed by atoms with van der Waals surface area (Å²) >= 11 is 0. The second-order valence-electron chi connectivity index (χ2n) is 5.84. The van der Waals surface area contributed by atoms with Crippen molar-refractivity contribution in [1.29, 1.82) is 0 Å². The van der Waals surface area contributed by atoms with Gasteiger partial charge in [-0.2, -0.15) is 0 Å². The van der Waals surface area contributed by atoms with Crippen molar-refractivity contribution in [3.63, 3.8) is 0 Å². The molecule has 0 amide bonds. The molecule has 0 aliphatic carbocycles. The maximum absolute atomic E-state index is 5.39. The number of fused-ring (bicyclic) bond motifs is 1. The summed E-state index contributed by atoms with van der Waals surface area (Å²) in [6.45, 7) is 4.59. The minimum absolute atomic E-state index is 0.829. The first-order valence-corrected chi connectivity index (χ1v) is 7.98. The lowest BCUT2D eigenvalue weighted by Crippen LogP contribution is -2.35. The van der Waals surface area contributed by atoms with Crippen LogP contribution in [0, 0.1) is 0 Å². The lowest BCUT2D eigenvalue weighted by atomic mass is 10.0. The smallest absolute Gasteiger partial charge is 0.0708 e. The van der Waals surface area contributed by atoms with Crippen LogP contribution in [0.25, 0.3) is 22.0 Å². The van der Waals surface area contributed by atoms with Crippen LogP contribution in [0.5, 0.6) is 0 Å². The van der Waals surface area contributed by atoms with E-state index in [1.54, 1.807) is 0 Å². The fourth-order valence-corrected chi connectivity index (χ4v) is 3.04. The summed E-state index contributed by atoms with van der Waals surface area (Å²) in [7, 11) is 0. The molecule has 0 N–H and O–H groups in total. The molecule has 1 aliphatic rings. The Balaban J connectivity index is 1.59. The van der Waals surface area contributed by atoms with E-state index in [1.807, 2.05) is 24.7 Å². The van der Waals surface area contributed by atoms with Crippen molar-refractivity contribution in [2.45, 2.75) is 6.54 Å². The number of benzene rings is 1. The maximum Gasteiger partial charge on any atom is 0.0708 e. The highest BCUT2D eigenvalue weighted by atomic mass is 16.5. The zero-order chi connectivity index (χ0) is 15.5. The van der Waals surface area contributed by atoms with E-state index in [1.165, 1.54) is 10.9 Å². The van der Waals surface area contributed by atoms with Crippen LogP contribution in [0.3, 0.4) is 0 Å². The van der Waals surface area contributed by atoms with Crippen LogP contribution in [0.4, 0.5) is 0 Å². The van der Waals surface area contributed by atoms with Gasteiger partial charge >= 0.3 is 0 Å². The third-order valence-electron chi connectivity index (χ3n) is 4.29. The van der Waals surface area contributed by atoms with E-state index in [2.05, 4.69) is 45.2 Å². The van der Waals surface area contributed by atoms with Crippen LogP contribution in [0.1, 0.15) is 5.56 Å². The molecule has 0 atom stereocenters. The third kappa shape index (κ3) is 3.09. The van der Waals surface area contributed by atoms with E-state index >= 15 is 0 Å². The van der Waals surface area contributed by atoms with Gasteiger partial charge < -0.3 is 4.74 Å². The molecule has 3 aromatic rings. The van der Waals surface area contributed by atoms with Crippen molar-refractivity contribution in [1.82, 2.24) is 14.9 Å². The second kappa shape index (κ2) is 6.44. The average Bonchev–Trinajstić information content (AvgIpc) is 2.63. The van der Waals surface area contributed by atoms with Crippen LogP contribution >= 0.6 is 0 Å². The van der Waals surface area contributed by atoms with Gasteiger partial charge in [0.05, 0.1) is 18.9 Å². The Labute approximate surface area is 135 Å². The number of morpholine rings is 1. The Morgan fingerprint density at radius 1 is 1.00 bits per heavy atom. The van der Waals surface area contributed by atoms with Gasteiger partial charge in [-0.15, -0.1) is 0 Å². The highest BCUT2D eigenvalue weighted by molar-refractivity contribution is 5.95. The molecular formula is C19H19N3O. The number of rotatable bonds is 3. The summed E-state index contributed by atoms with van der Waals surface area (Å²) in [6.07, 6.45) is 5.72. The van der Waals surface area contributed by atoms with Gasteiger partial charge in [0.1, 0.15) is 0 Å². The molecule has 1 fully saturated rings. The zero-order valence-corrected chi connectivity index (χ0v) is 13.0. The van der Waals surface area contributed by atoms with Gasteiger partial charge in [-0.25, -0.2) is 0 Å². The summed E-state index contributed by atoms with van der Waals surface area (Å²) in [5.41, 5.74) is 3.41. The Bertz CT molecular complexity index is 790. The van der Waals surface area contributed by atoms with Crippen LogP contribution in [0.15, 0.2) is 55.0 Å². The quantitative estimate of drug-likeness (QED) is 0.745. The van der Waals surface area contributed by atoms with E-state index in [-0.39, 0.29) is 0 Å². The van der Waals surface area contributed by atoms with Crippen molar-refractivity contribution in [3.8, 4) is 11.3 Å². The first-order valence-electron chi connectivity index (χ1n) is 7.98. The average molecular weight is 305 g/mol. The maximum atomic E-state index is 5.39. The van der Waals surface area contributed by atoms with E-state index in [0.29, 0.717) is 0 Å². The summed E-state index contributed by atoms with van der Waals surface area (Å²) in [4.78, 5) is 11.3. The Morgan fingerprint density at radius 3 is 2.74 bits per heavy atom. The van der Waals surface area contributed by atoms with Crippen LogP contribution in [0.2, 0.25) is 0 Å². The first-order chi connectivity index (χ1) is 11.4. The SMILES string of the molecule is c1cc(-c2ccc(CN3CCOCC3)cn2)c2ccncc2c1. The van der Waals surface area contributed by atoms with Crippen LogP contribution < -0.4 is 0 Å². The number of pyridine rings is 2. The Morgan fingerprint density at radius 2 is 1.91 bits per heavy atom. The van der Waals surface area contributed by atoms with E-state index < -0.39 is 0 Å². The lowest BCUT2D eigenvalue weighted by molar-refractivity contribution is 0.0341. The molecular weight excluding hydrogens is 286 g/mol. The molecule has 116 valence electrons.